The minimum atomic E-state index is -0.974. The summed E-state index contributed by atoms with van der Waals surface area (Å²) in [7, 11) is 0. The third-order valence-corrected chi connectivity index (χ3v) is 3.40. The van der Waals surface area contributed by atoms with Crippen molar-refractivity contribution in [3.63, 3.8) is 0 Å². The number of hydrogen-bond acceptors (Lipinski definition) is 4. The Labute approximate surface area is 109 Å². The van der Waals surface area contributed by atoms with Gasteiger partial charge in [0.25, 0.3) is 0 Å². The van der Waals surface area contributed by atoms with Gasteiger partial charge in [-0.1, -0.05) is 11.6 Å². The van der Waals surface area contributed by atoms with E-state index < -0.39 is 11.6 Å². The Balaban J connectivity index is 2.30. The van der Waals surface area contributed by atoms with Crippen LogP contribution in [0.4, 0.5) is 8.78 Å². The van der Waals surface area contributed by atoms with Crippen LogP contribution in [0, 0.1) is 11.6 Å². The fraction of sp³-hybridized carbons (Fsp3) is 0. The summed E-state index contributed by atoms with van der Waals surface area (Å²) in [5.74, 6) is -1.59. The lowest BCUT2D eigenvalue weighted by atomic mass is 10.2. The first-order valence-electron chi connectivity index (χ1n) is 4.86. The molecule has 3 nitrogen and oxygen atoms in total. The molecular formula is C11H4ClF2N3S. The van der Waals surface area contributed by atoms with E-state index in [1.54, 1.807) is 11.7 Å². The first kappa shape index (κ1) is 11.4. The summed E-state index contributed by atoms with van der Waals surface area (Å²) >= 11 is 7.29. The smallest absolute Gasteiger partial charge is 0.173 e. The molecule has 3 aromatic rings. The van der Waals surface area contributed by atoms with E-state index >= 15 is 0 Å². The predicted molar refractivity (Wildman–Crippen MR) is 65.6 cm³/mol. The van der Waals surface area contributed by atoms with Crippen molar-refractivity contribution >= 4 is 33.8 Å². The molecule has 0 N–H and O–H groups in total. The van der Waals surface area contributed by atoms with Gasteiger partial charge in [-0.25, -0.2) is 18.7 Å². The van der Waals surface area contributed by atoms with Crippen molar-refractivity contribution in [2.45, 2.75) is 0 Å². The van der Waals surface area contributed by atoms with Gasteiger partial charge in [-0.05, 0) is 6.07 Å². The number of thiazole rings is 1. The van der Waals surface area contributed by atoms with E-state index in [1.807, 2.05) is 0 Å². The first-order chi connectivity index (χ1) is 8.65. The molecule has 0 aliphatic rings. The largest absolute Gasteiger partial charge is 0.252 e. The maximum Gasteiger partial charge on any atom is 0.173 e. The summed E-state index contributed by atoms with van der Waals surface area (Å²) < 4.78 is 26.3. The summed E-state index contributed by atoms with van der Waals surface area (Å²) in [6, 6.07) is 1.99. The molecule has 7 heteroatoms. The van der Waals surface area contributed by atoms with E-state index in [0.29, 0.717) is 10.7 Å². The number of nitrogens with zero attached hydrogens (tertiary/aromatic N) is 3. The first-order valence-corrected chi connectivity index (χ1v) is 6.12. The summed E-state index contributed by atoms with van der Waals surface area (Å²) in [5, 5.41) is 0.367. The zero-order valence-electron chi connectivity index (χ0n) is 8.69. The van der Waals surface area contributed by atoms with Crippen molar-refractivity contribution in [3.05, 3.63) is 40.6 Å². The van der Waals surface area contributed by atoms with Gasteiger partial charge in [0.1, 0.15) is 5.15 Å². The highest BCUT2D eigenvalue weighted by Crippen LogP contribution is 2.27. The highest BCUT2D eigenvalue weighted by atomic mass is 35.5. The lowest BCUT2D eigenvalue weighted by Gasteiger charge is -2.03. The van der Waals surface area contributed by atoms with Gasteiger partial charge >= 0.3 is 0 Å². The van der Waals surface area contributed by atoms with Gasteiger partial charge in [0, 0.05) is 17.6 Å². The van der Waals surface area contributed by atoms with Crippen LogP contribution in [0.5, 0.6) is 0 Å². The van der Waals surface area contributed by atoms with Gasteiger partial charge in [0.05, 0.1) is 15.9 Å². The fourth-order valence-corrected chi connectivity index (χ4v) is 2.31. The summed E-state index contributed by atoms with van der Waals surface area (Å²) in [6.45, 7) is 0. The van der Waals surface area contributed by atoms with Crippen molar-refractivity contribution < 1.29 is 8.78 Å². The second-order valence-corrected chi connectivity index (χ2v) is 4.73. The highest BCUT2D eigenvalue weighted by Gasteiger charge is 2.12. The molecule has 2 heterocycles. The SMILES string of the molecule is Fc1cc2nc(-c3cncs3)nc(Cl)c2cc1F. The Morgan fingerprint density at radius 3 is 2.61 bits per heavy atom. The van der Waals surface area contributed by atoms with Crippen molar-refractivity contribution in [2.24, 2.45) is 0 Å². The van der Waals surface area contributed by atoms with Crippen LogP contribution >= 0.6 is 22.9 Å². The van der Waals surface area contributed by atoms with Crippen molar-refractivity contribution in [2.75, 3.05) is 0 Å². The van der Waals surface area contributed by atoms with Crippen LogP contribution in [0.15, 0.2) is 23.8 Å². The quantitative estimate of drug-likeness (QED) is 0.639. The van der Waals surface area contributed by atoms with Crippen LogP contribution < -0.4 is 0 Å². The number of aromatic nitrogens is 3. The Morgan fingerprint density at radius 1 is 1.11 bits per heavy atom. The summed E-state index contributed by atoms with van der Waals surface area (Å²) in [5.41, 5.74) is 1.89. The molecule has 1 aromatic carbocycles. The van der Waals surface area contributed by atoms with Gasteiger partial charge in [-0.2, -0.15) is 0 Å². The molecule has 2 aromatic heterocycles. The maximum atomic E-state index is 13.2. The molecule has 0 atom stereocenters. The Morgan fingerprint density at radius 2 is 1.89 bits per heavy atom. The molecule has 0 fully saturated rings. The minimum Gasteiger partial charge on any atom is -0.252 e. The molecule has 0 bridgehead atoms. The normalized spacial score (nSPS) is 11.1. The van der Waals surface area contributed by atoms with E-state index in [1.165, 1.54) is 11.3 Å². The van der Waals surface area contributed by atoms with Crippen LogP contribution in [0.1, 0.15) is 0 Å². The van der Waals surface area contributed by atoms with E-state index in [2.05, 4.69) is 15.0 Å². The molecule has 18 heavy (non-hydrogen) atoms. The minimum absolute atomic E-state index is 0.0855. The molecule has 0 aliphatic carbocycles. The predicted octanol–water partition coefficient (Wildman–Crippen LogP) is 3.68. The van der Waals surface area contributed by atoms with Crippen LogP contribution in [0.25, 0.3) is 21.6 Å². The third-order valence-electron chi connectivity index (χ3n) is 2.34. The highest BCUT2D eigenvalue weighted by molar-refractivity contribution is 7.13. The molecular weight excluding hydrogens is 280 g/mol. The van der Waals surface area contributed by atoms with E-state index in [4.69, 9.17) is 11.6 Å². The van der Waals surface area contributed by atoms with Gasteiger partial charge in [-0.3, -0.25) is 4.98 Å². The standard InChI is InChI=1S/C11H4ClF2N3S/c12-10-5-1-6(13)7(14)2-8(5)16-11(17-10)9-3-15-4-18-9/h1-4H. The lowest BCUT2D eigenvalue weighted by molar-refractivity contribution is 0.510. The van der Waals surface area contributed by atoms with Crippen molar-refractivity contribution in [1.82, 2.24) is 15.0 Å². The van der Waals surface area contributed by atoms with Crippen LogP contribution in [0.3, 0.4) is 0 Å². The topological polar surface area (TPSA) is 38.7 Å². The second-order valence-electron chi connectivity index (χ2n) is 3.49. The van der Waals surface area contributed by atoms with Crippen molar-refractivity contribution in [3.8, 4) is 10.7 Å². The molecule has 0 unspecified atom stereocenters. The van der Waals surface area contributed by atoms with Gasteiger partial charge in [0.2, 0.25) is 0 Å². The van der Waals surface area contributed by atoms with E-state index in [-0.39, 0.29) is 16.1 Å². The number of hydrogen-bond donors (Lipinski definition) is 0. The number of halogens is 3. The Hall–Kier alpha value is -1.66. The monoisotopic (exact) mass is 283 g/mol. The summed E-state index contributed by atoms with van der Waals surface area (Å²) in [6.07, 6.45) is 1.59. The molecule has 0 saturated heterocycles. The molecule has 90 valence electrons. The average molecular weight is 284 g/mol. The van der Waals surface area contributed by atoms with Crippen LogP contribution in [-0.4, -0.2) is 15.0 Å². The molecule has 0 aliphatic heterocycles. The molecule has 0 radical (unpaired) electrons. The third kappa shape index (κ3) is 1.83. The molecule has 0 spiro atoms. The van der Waals surface area contributed by atoms with E-state index in [9.17, 15) is 8.78 Å². The number of fused-ring (bicyclic) bond motifs is 1. The van der Waals surface area contributed by atoms with Crippen LogP contribution in [-0.2, 0) is 0 Å². The molecule has 3 rings (SSSR count). The van der Waals surface area contributed by atoms with Crippen molar-refractivity contribution in [1.29, 1.82) is 0 Å². The molecule has 0 amide bonds. The lowest BCUT2D eigenvalue weighted by Crippen LogP contribution is -1.93. The number of rotatable bonds is 1. The summed E-state index contributed by atoms with van der Waals surface area (Å²) in [4.78, 5) is 12.8. The number of benzene rings is 1. The van der Waals surface area contributed by atoms with Gasteiger partial charge < -0.3 is 0 Å². The van der Waals surface area contributed by atoms with Crippen LogP contribution in [0.2, 0.25) is 5.15 Å². The zero-order chi connectivity index (χ0) is 12.7. The fourth-order valence-electron chi connectivity index (χ4n) is 1.52. The van der Waals surface area contributed by atoms with Gasteiger partial charge in [-0.15, -0.1) is 11.3 Å². The second kappa shape index (κ2) is 4.22. The Kier molecular flexibility index (Phi) is 2.68. The average Bonchev–Trinajstić information content (AvgIpc) is 2.85. The van der Waals surface area contributed by atoms with E-state index in [0.717, 1.165) is 12.1 Å². The Bertz CT molecular complexity index is 731. The zero-order valence-corrected chi connectivity index (χ0v) is 10.3. The molecule has 0 saturated carbocycles. The van der Waals surface area contributed by atoms with Gasteiger partial charge in [0.15, 0.2) is 17.5 Å². The maximum absolute atomic E-state index is 13.2.